The summed E-state index contributed by atoms with van der Waals surface area (Å²) in [6.07, 6.45) is 0.351. The molecule has 1 aliphatic rings. The van der Waals surface area contributed by atoms with E-state index < -0.39 is 5.60 Å². The monoisotopic (exact) mass is 279 g/mol. The van der Waals surface area contributed by atoms with E-state index in [2.05, 4.69) is 5.32 Å². The van der Waals surface area contributed by atoms with Gasteiger partial charge in [-0.3, -0.25) is 4.79 Å². The van der Waals surface area contributed by atoms with Crippen LogP contribution in [0.3, 0.4) is 0 Å². The van der Waals surface area contributed by atoms with E-state index in [1.807, 2.05) is 39.0 Å². The molecule has 0 aromatic heterocycles. The van der Waals surface area contributed by atoms with Gasteiger partial charge >= 0.3 is 5.97 Å². The van der Waals surface area contributed by atoms with Gasteiger partial charge in [0.2, 0.25) is 6.79 Å². The zero-order valence-corrected chi connectivity index (χ0v) is 12.2. The average Bonchev–Trinajstić information content (AvgIpc) is 2.81. The summed E-state index contributed by atoms with van der Waals surface area (Å²) in [4.78, 5) is 11.6. The molecule has 1 heterocycles. The molecule has 0 bridgehead atoms. The molecule has 110 valence electrons. The number of benzene rings is 1. The first-order chi connectivity index (χ1) is 9.46. The summed E-state index contributed by atoms with van der Waals surface area (Å²) in [6.45, 7) is 7.06. The Labute approximate surface area is 119 Å². The van der Waals surface area contributed by atoms with Crippen LogP contribution in [0.5, 0.6) is 11.5 Å². The Morgan fingerprint density at radius 2 is 2.15 bits per heavy atom. The van der Waals surface area contributed by atoms with Gasteiger partial charge in [0, 0.05) is 18.7 Å². The molecule has 1 aromatic carbocycles. The Bertz CT molecular complexity index is 479. The van der Waals surface area contributed by atoms with Gasteiger partial charge in [0.05, 0.1) is 6.42 Å². The Kier molecular flexibility index (Phi) is 4.49. The zero-order valence-electron chi connectivity index (χ0n) is 12.2. The molecule has 0 fully saturated rings. The lowest BCUT2D eigenvalue weighted by Crippen LogP contribution is -2.26. The molecule has 0 radical (unpaired) electrons. The first-order valence-corrected chi connectivity index (χ1v) is 6.76. The van der Waals surface area contributed by atoms with Crippen molar-refractivity contribution in [2.24, 2.45) is 0 Å². The number of ether oxygens (including phenoxy) is 3. The van der Waals surface area contributed by atoms with Gasteiger partial charge in [0.15, 0.2) is 11.5 Å². The minimum Gasteiger partial charge on any atom is -0.460 e. The molecule has 0 aliphatic carbocycles. The lowest BCUT2D eigenvalue weighted by molar-refractivity contribution is -0.154. The molecular formula is C15H21NO4. The SMILES string of the molecule is CC(C)(C)OC(=O)CCNCc1cccc2c1OCO2. The number of hydrogen-bond acceptors (Lipinski definition) is 5. The third kappa shape index (κ3) is 4.13. The molecule has 1 N–H and O–H groups in total. The zero-order chi connectivity index (χ0) is 14.6. The third-order valence-corrected chi connectivity index (χ3v) is 2.72. The van der Waals surface area contributed by atoms with Crippen LogP contribution in [0.4, 0.5) is 0 Å². The number of carbonyl (C=O) groups is 1. The number of rotatable bonds is 5. The van der Waals surface area contributed by atoms with Crippen LogP contribution in [0.15, 0.2) is 18.2 Å². The number of para-hydroxylation sites is 1. The highest BCUT2D eigenvalue weighted by atomic mass is 16.7. The predicted molar refractivity (Wildman–Crippen MR) is 74.7 cm³/mol. The van der Waals surface area contributed by atoms with Gasteiger partial charge in [0.25, 0.3) is 0 Å². The first-order valence-electron chi connectivity index (χ1n) is 6.76. The molecule has 0 spiro atoms. The van der Waals surface area contributed by atoms with Crippen molar-refractivity contribution in [2.75, 3.05) is 13.3 Å². The predicted octanol–water partition coefficient (Wildman–Crippen LogP) is 2.24. The molecule has 0 atom stereocenters. The maximum absolute atomic E-state index is 11.6. The Morgan fingerprint density at radius 1 is 1.35 bits per heavy atom. The van der Waals surface area contributed by atoms with Crippen molar-refractivity contribution in [2.45, 2.75) is 39.3 Å². The van der Waals surface area contributed by atoms with Gasteiger partial charge in [-0.2, -0.15) is 0 Å². The second kappa shape index (κ2) is 6.13. The van der Waals surface area contributed by atoms with Crippen LogP contribution in [0.25, 0.3) is 0 Å². The van der Waals surface area contributed by atoms with Crippen molar-refractivity contribution in [1.29, 1.82) is 0 Å². The Balaban J connectivity index is 1.74. The van der Waals surface area contributed by atoms with Crippen LogP contribution < -0.4 is 14.8 Å². The largest absolute Gasteiger partial charge is 0.460 e. The summed E-state index contributed by atoms with van der Waals surface area (Å²) >= 11 is 0. The van der Waals surface area contributed by atoms with Crippen LogP contribution in [-0.2, 0) is 16.1 Å². The van der Waals surface area contributed by atoms with Crippen molar-refractivity contribution < 1.29 is 19.0 Å². The second-order valence-corrected chi connectivity index (χ2v) is 5.66. The van der Waals surface area contributed by atoms with Crippen molar-refractivity contribution in [3.05, 3.63) is 23.8 Å². The van der Waals surface area contributed by atoms with Gasteiger partial charge < -0.3 is 19.5 Å². The van der Waals surface area contributed by atoms with E-state index in [0.717, 1.165) is 17.1 Å². The fourth-order valence-corrected chi connectivity index (χ4v) is 1.94. The molecule has 2 rings (SSSR count). The van der Waals surface area contributed by atoms with Crippen LogP contribution in [0, 0.1) is 0 Å². The van der Waals surface area contributed by atoms with E-state index >= 15 is 0 Å². The summed E-state index contributed by atoms with van der Waals surface area (Å²) in [6, 6.07) is 5.79. The highest BCUT2D eigenvalue weighted by Crippen LogP contribution is 2.35. The molecule has 20 heavy (non-hydrogen) atoms. The average molecular weight is 279 g/mol. The molecule has 5 nitrogen and oxygen atoms in total. The van der Waals surface area contributed by atoms with E-state index in [-0.39, 0.29) is 12.8 Å². The van der Waals surface area contributed by atoms with Crippen molar-refractivity contribution in [3.63, 3.8) is 0 Å². The third-order valence-electron chi connectivity index (χ3n) is 2.72. The fraction of sp³-hybridized carbons (Fsp3) is 0.533. The highest BCUT2D eigenvalue weighted by Gasteiger charge is 2.17. The summed E-state index contributed by atoms with van der Waals surface area (Å²) in [5.74, 6) is 1.37. The van der Waals surface area contributed by atoms with E-state index in [1.165, 1.54) is 0 Å². The minimum atomic E-state index is -0.428. The van der Waals surface area contributed by atoms with Crippen LogP contribution in [0.2, 0.25) is 0 Å². The molecule has 1 aliphatic heterocycles. The highest BCUT2D eigenvalue weighted by molar-refractivity contribution is 5.70. The van der Waals surface area contributed by atoms with E-state index in [4.69, 9.17) is 14.2 Å². The molecule has 1 aromatic rings. The van der Waals surface area contributed by atoms with Gasteiger partial charge in [-0.15, -0.1) is 0 Å². The van der Waals surface area contributed by atoms with E-state index in [0.29, 0.717) is 19.5 Å². The van der Waals surface area contributed by atoms with Crippen molar-refractivity contribution >= 4 is 5.97 Å². The molecule has 0 saturated carbocycles. The van der Waals surface area contributed by atoms with Gasteiger partial charge in [0.1, 0.15) is 5.60 Å². The summed E-state index contributed by atoms with van der Waals surface area (Å²) < 4.78 is 16.0. The minimum absolute atomic E-state index is 0.192. The number of nitrogens with one attached hydrogen (secondary N) is 1. The molecule has 0 saturated heterocycles. The van der Waals surface area contributed by atoms with Gasteiger partial charge in [-0.05, 0) is 26.8 Å². The van der Waals surface area contributed by atoms with E-state index in [1.54, 1.807) is 0 Å². The summed E-state index contributed by atoms with van der Waals surface area (Å²) in [7, 11) is 0. The molecular weight excluding hydrogens is 258 g/mol. The first kappa shape index (κ1) is 14.7. The quantitative estimate of drug-likeness (QED) is 0.661. The topological polar surface area (TPSA) is 56.8 Å². The second-order valence-electron chi connectivity index (χ2n) is 5.66. The maximum Gasteiger partial charge on any atom is 0.307 e. The standard InChI is InChI=1S/C15H21NO4/c1-15(2,3)20-13(17)7-8-16-9-11-5-4-6-12-14(11)19-10-18-12/h4-6,16H,7-10H2,1-3H3. The van der Waals surface area contributed by atoms with Gasteiger partial charge in [-0.25, -0.2) is 0 Å². The maximum atomic E-state index is 11.6. The molecule has 5 heteroatoms. The fourth-order valence-electron chi connectivity index (χ4n) is 1.94. The number of fused-ring (bicyclic) bond motifs is 1. The smallest absolute Gasteiger partial charge is 0.307 e. The number of hydrogen-bond donors (Lipinski definition) is 1. The lowest BCUT2D eigenvalue weighted by atomic mass is 10.2. The van der Waals surface area contributed by atoms with Crippen LogP contribution in [0.1, 0.15) is 32.8 Å². The number of esters is 1. The number of carbonyl (C=O) groups excluding carboxylic acids is 1. The van der Waals surface area contributed by atoms with Crippen molar-refractivity contribution in [1.82, 2.24) is 5.32 Å². The summed E-state index contributed by atoms with van der Waals surface area (Å²) in [5.41, 5.74) is 0.604. The normalized spacial score (nSPS) is 13.3. The Hall–Kier alpha value is -1.75. The van der Waals surface area contributed by atoms with E-state index in [9.17, 15) is 4.79 Å². The molecule has 0 amide bonds. The Morgan fingerprint density at radius 3 is 2.90 bits per heavy atom. The molecule has 0 unspecified atom stereocenters. The van der Waals surface area contributed by atoms with Crippen molar-refractivity contribution in [3.8, 4) is 11.5 Å². The van der Waals surface area contributed by atoms with Crippen LogP contribution in [-0.4, -0.2) is 24.9 Å². The summed E-state index contributed by atoms with van der Waals surface area (Å²) in [5, 5.41) is 3.21. The van der Waals surface area contributed by atoms with Crippen LogP contribution >= 0.6 is 0 Å². The lowest BCUT2D eigenvalue weighted by Gasteiger charge is -2.19. The van der Waals surface area contributed by atoms with Gasteiger partial charge in [-0.1, -0.05) is 12.1 Å².